The summed E-state index contributed by atoms with van der Waals surface area (Å²) in [6.07, 6.45) is -2.34. The first-order chi connectivity index (χ1) is 14.3. The van der Waals surface area contributed by atoms with Crippen molar-refractivity contribution in [3.8, 4) is 0 Å². The van der Waals surface area contributed by atoms with Gasteiger partial charge in [0.15, 0.2) is 0 Å². The van der Waals surface area contributed by atoms with Gasteiger partial charge in [-0.15, -0.1) is 0 Å². The van der Waals surface area contributed by atoms with E-state index in [9.17, 15) is 18.0 Å². The lowest BCUT2D eigenvalue weighted by molar-refractivity contribution is -0.278. The Labute approximate surface area is 174 Å². The molecule has 162 valence electrons. The van der Waals surface area contributed by atoms with Crippen molar-refractivity contribution >= 4 is 11.7 Å². The topological polar surface area (TPSA) is 38.8 Å². The number of hydrogen-bond acceptors (Lipinski definition) is 4. The highest BCUT2D eigenvalue weighted by Gasteiger charge is 2.64. The average Bonchev–Trinajstić information content (AvgIpc) is 2.75. The number of carbonyl (C=O) groups is 1. The highest BCUT2D eigenvalue weighted by Crippen LogP contribution is 2.43. The summed E-state index contributed by atoms with van der Waals surface area (Å²) in [6.45, 7) is 3.53. The highest BCUT2D eigenvalue weighted by atomic mass is 19.4. The molecule has 2 aromatic carbocycles. The van der Waals surface area contributed by atoms with E-state index < -0.39 is 23.9 Å². The Morgan fingerprint density at radius 1 is 0.967 bits per heavy atom. The summed E-state index contributed by atoms with van der Waals surface area (Å²) in [4.78, 5) is 15.0. The molecule has 7 heteroatoms. The first-order valence-electron chi connectivity index (χ1n) is 10.0. The van der Waals surface area contributed by atoms with Gasteiger partial charge in [-0.2, -0.15) is 13.2 Å². The van der Waals surface area contributed by atoms with Gasteiger partial charge in [0.05, 0.1) is 0 Å². The molecular weight excluding hydrogens is 395 g/mol. The summed E-state index contributed by atoms with van der Waals surface area (Å²) >= 11 is 0. The normalized spacial score (nSPS) is 17.8. The third-order valence-corrected chi connectivity index (χ3v) is 5.54. The highest BCUT2D eigenvalue weighted by molar-refractivity contribution is 5.83. The van der Waals surface area contributed by atoms with E-state index in [1.807, 2.05) is 12.1 Å². The molecule has 0 amide bonds. The summed E-state index contributed by atoms with van der Waals surface area (Å²) in [5.41, 5.74) is -1.83. The minimum absolute atomic E-state index is 0.322. The van der Waals surface area contributed by atoms with Gasteiger partial charge in [0.1, 0.15) is 6.10 Å². The summed E-state index contributed by atoms with van der Waals surface area (Å²) < 4.78 is 52.0. The lowest BCUT2D eigenvalue weighted by Crippen LogP contribution is -2.51. The van der Waals surface area contributed by atoms with Crippen LogP contribution in [0.25, 0.3) is 0 Å². The second kappa shape index (κ2) is 9.08. The maximum absolute atomic E-state index is 14.0. The second-order valence-electron chi connectivity index (χ2n) is 7.44. The Hall–Kier alpha value is -2.54. The molecule has 0 aromatic heterocycles. The number of anilines is 1. The zero-order valence-electron chi connectivity index (χ0n) is 17.1. The van der Waals surface area contributed by atoms with Crippen LogP contribution in [0.15, 0.2) is 54.6 Å². The second-order valence-corrected chi connectivity index (χ2v) is 7.44. The Balaban J connectivity index is 1.80. The third kappa shape index (κ3) is 4.31. The van der Waals surface area contributed by atoms with Crippen LogP contribution in [0.1, 0.15) is 43.4 Å². The predicted molar refractivity (Wildman–Crippen MR) is 108 cm³/mol. The standard InChI is InChI=1S/C23H26F3NO3/c1-17(18-11-13-20(14-12-18)27-15-7-4-8-16-27)30-21(28)22(29-2,23(24,25)26)19-9-5-3-6-10-19/h3,5-6,9-14,17H,4,7-8,15-16H2,1-2H3/t17-,22+/m0/s1. The van der Waals surface area contributed by atoms with Gasteiger partial charge in [0.25, 0.3) is 5.60 Å². The van der Waals surface area contributed by atoms with Crippen LogP contribution in [0, 0.1) is 0 Å². The number of benzene rings is 2. The van der Waals surface area contributed by atoms with Gasteiger partial charge in [0, 0.05) is 31.5 Å². The average molecular weight is 421 g/mol. The molecule has 2 aromatic rings. The Morgan fingerprint density at radius 3 is 2.10 bits per heavy atom. The molecule has 3 rings (SSSR count). The van der Waals surface area contributed by atoms with Gasteiger partial charge in [0.2, 0.25) is 0 Å². The van der Waals surface area contributed by atoms with Gasteiger partial charge in [-0.05, 0) is 43.9 Å². The Kier molecular flexibility index (Phi) is 6.71. The van der Waals surface area contributed by atoms with Gasteiger partial charge >= 0.3 is 12.1 Å². The van der Waals surface area contributed by atoms with E-state index in [-0.39, 0.29) is 5.56 Å². The molecule has 0 unspecified atom stereocenters. The summed E-state index contributed by atoms with van der Waals surface area (Å²) in [7, 11) is 0.861. The van der Waals surface area contributed by atoms with Crippen LogP contribution in [0.4, 0.5) is 18.9 Å². The van der Waals surface area contributed by atoms with E-state index in [2.05, 4.69) is 4.90 Å². The van der Waals surface area contributed by atoms with Gasteiger partial charge in [-0.25, -0.2) is 4.79 Å². The minimum atomic E-state index is -4.99. The lowest BCUT2D eigenvalue weighted by Gasteiger charge is -2.33. The first-order valence-corrected chi connectivity index (χ1v) is 10.0. The fourth-order valence-corrected chi connectivity index (χ4v) is 3.81. The molecule has 0 spiro atoms. The first kappa shape index (κ1) is 22.2. The number of halogens is 3. The van der Waals surface area contributed by atoms with E-state index in [1.54, 1.807) is 25.1 Å². The largest absolute Gasteiger partial charge is 0.455 e. The molecule has 30 heavy (non-hydrogen) atoms. The molecule has 0 radical (unpaired) electrons. The minimum Gasteiger partial charge on any atom is -0.455 e. The van der Waals surface area contributed by atoms with Crippen molar-refractivity contribution in [3.63, 3.8) is 0 Å². The van der Waals surface area contributed by atoms with Crippen molar-refractivity contribution in [2.45, 2.75) is 44.1 Å². The molecule has 1 heterocycles. The Morgan fingerprint density at radius 2 is 1.57 bits per heavy atom. The molecule has 1 aliphatic heterocycles. The van der Waals surface area contributed by atoms with Crippen LogP contribution >= 0.6 is 0 Å². The van der Waals surface area contributed by atoms with Gasteiger partial charge < -0.3 is 14.4 Å². The molecular formula is C23H26F3NO3. The van der Waals surface area contributed by atoms with Crippen molar-refractivity contribution in [1.29, 1.82) is 0 Å². The molecule has 2 atom stereocenters. The molecule has 1 saturated heterocycles. The number of esters is 1. The number of methoxy groups -OCH3 is 1. The van der Waals surface area contributed by atoms with Gasteiger partial charge in [-0.1, -0.05) is 42.5 Å². The van der Waals surface area contributed by atoms with Crippen molar-refractivity contribution < 1.29 is 27.4 Å². The monoisotopic (exact) mass is 421 g/mol. The van der Waals surface area contributed by atoms with Crippen molar-refractivity contribution in [3.05, 3.63) is 65.7 Å². The number of hydrogen-bond donors (Lipinski definition) is 0. The maximum atomic E-state index is 14.0. The molecule has 1 aliphatic rings. The number of alkyl halides is 3. The van der Waals surface area contributed by atoms with E-state index >= 15 is 0 Å². The van der Waals surface area contributed by atoms with Crippen LogP contribution in [0.3, 0.4) is 0 Å². The smallest absolute Gasteiger partial charge is 0.432 e. The molecule has 0 bridgehead atoms. The number of piperidine rings is 1. The maximum Gasteiger partial charge on any atom is 0.432 e. The lowest BCUT2D eigenvalue weighted by atomic mass is 9.92. The molecule has 0 aliphatic carbocycles. The summed E-state index contributed by atoms with van der Waals surface area (Å²) in [5.74, 6) is -1.49. The summed E-state index contributed by atoms with van der Waals surface area (Å²) in [6, 6.07) is 14.2. The van der Waals surface area contributed by atoms with Crippen molar-refractivity contribution in [2.75, 3.05) is 25.1 Å². The number of nitrogens with zero attached hydrogens (tertiary/aromatic N) is 1. The Bertz CT molecular complexity index is 833. The number of carbonyl (C=O) groups excluding carboxylic acids is 1. The molecule has 4 nitrogen and oxygen atoms in total. The van der Waals surface area contributed by atoms with Gasteiger partial charge in [-0.3, -0.25) is 0 Å². The van der Waals surface area contributed by atoms with Crippen LogP contribution in [-0.4, -0.2) is 32.3 Å². The quantitative estimate of drug-likeness (QED) is 0.587. The van der Waals surface area contributed by atoms with Crippen molar-refractivity contribution in [2.24, 2.45) is 0 Å². The van der Waals surface area contributed by atoms with Crippen molar-refractivity contribution in [1.82, 2.24) is 0 Å². The van der Waals surface area contributed by atoms with E-state index in [0.29, 0.717) is 5.56 Å². The molecule has 1 fully saturated rings. The van der Waals surface area contributed by atoms with Crippen LogP contribution < -0.4 is 4.90 Å². The van der Waals surface area contributed by atoms with Crippen LogP contribution in [-0.2, 0) is 19.9 Å². The molecule has 0 saturated carbocycles. The van der Waals surface area contributed by atoms with E-state index in [4.69, 9.17) is 9.47 Å². The fourth-order valence-electron chi connectivity index (χ4n) is 3.81. The molecule has 0 N–H and O–H groups in total. The van der Waals surface area contributed by atoms with Crippen LogP contribution in [0.2, 0.25) is 0 Å². The number of rotatable bonds is 6. The number of ether oxygens (including phenoxy) is 2. The van der Waals surface area contributed by atoms with Crippen LogP contribution in [0.5, 0.6) is 0 Å². The van der Waals surface area contributed by atoms with E-state index in [0.717, 1.165) is 38.7 Å². The zero-order chi connectivity index (χ0) is 21.8. The third-order valence-electron chi connectivity index (χ3n) is 5.54. The zero-order valence-corrected chi connectivity index (χ0v) is 17.1. The SMILES string of the molecule is CO[C@@](C(=O)O[C@@H](C)c1ccc(N2CCCCC2)cc1)(c1ccccc1)C(F)(F)F. The summed E-state index contributed by atoms with van der Waals surface area (Å²) in [5, 5.41) is 0. The predicted octanol–water partition coefficient (Wildman–Crippen LogP) is 5.39. The fraction of sp³-hybridized carbons (Fsp3) is 0.435. The van der Waals surface area contributed by atoms with E-state index in [1.165, 1.54) is 30.7 Å².